The fourth-order valence-corrected chi connectivity index (χ4v) is 4.51. The lowest BCUT2D eigenvalue weighted by molar-refractivity contribution is -0.106. The molecule has 1 saturated carbocycles. The summed E-state index contributed by atoms with van der Waals surface area (Å²) in [4.78, 5) is 24.3. The van der Waals surface area contributed by atoms with E-state index in [0.29, 0.717) is 36.8 Å². The number of pyridine rings is 1. The molecule has 10 heteroatoms. The van der Waals surface area contributed by atoms with E-state index in [1.165, 1.54) is 10.9 Å². The number of hydrogen-bond donors (Lipinski definition) is 2. The first kappa shape index (κ1) is 20.3. The predicted molar refractivity (Wildman–Crippen MR) is 128 cm³/mol. The molecule has 0 amide bonds. The van der Waals surface area contributed by atoms with Gasteiger partial charge in [-0.25, -0.2) is 19.3 Å². The van der Waals surface area contributed by atoms with Crippen LogP contribution < -0.4 is 15.5 Å². The Morgan fingerprint density at radius 2 is 2.00 bits per heavy atom. The molecule has 0 radical (unpaired) electrons. The van der Waals surface area contributed by atoms with Crippen molar-refractivity contribution in [2.24, 2.45) is 0 Å². The van der Waals surface area contributed by atoms with Gasteiger partial charge in [-0.05, 0) is 36.6 Å². The molecule has 1 saturated heterocycles. The number of morpholine rings is 1. The van der Waals surface area contributed by atoms with Crippen LogP contribution in [0.5, 0.6) is 0 Å². The quantitative estimate of drug-likeness (QED) is 0.601. The van der Waals surface area contributed by atoms with E-state index in [2.05, 4.69) is 38.7 Å². The lowest BCUT2D eigenvalue weighted by Crippen LogP contribution is -2.43. The average molecular weight is 455 g/mol. The van der Waals surface area contributed by atoms with Gasteiger partial charge in [0.05, 0.1) is 31.6 Å². The van der Waals surface area contributed by atoms with Crippen LogP contribution in [0, 0.1) is 0 Å². The van der Waals surface area contributed by atoms with Crippen molar-refractivity contribution in [3.63, 3.8) is 0 Å². The molecule has 10 nitrogen and oxygen atoms in total. The standard InChI is InChI=1S/C23H26N6O4.2H2/c1-24-17-11-20-26-15-8-14(9-16(10-15)28-4-6-31-7-5-28)12-32-18-2-3-19(18)33-23(30)29-13-25-21(17)22(29)27-20;;/h8-11,13,18-19H,2-7,12H2,1H3,(H2,24,26,27);2*1H/t18-,19-;;/m1../s1. The predicted octanol–water partition coefficient (Wildman–Crippen LogP) is 3.59. The van der Waals surface area contributed by atoms with Gasteiger partial charge >= 0.3 is 6.09 Å². The minimum Gasteiger partial charge on any atom is -0.443 e. The summed E-state index contributed by atoms with van der Waals surface area (Å²) in [6.45, 7) is 3.56. The van der Waals surface area contributed by atoms with Crippen LogP contribution in [0.15, 0.2) is 30.6 Å². The molecule has 2 atom stereocenters. The molecule has 3 aromatic rings. The zero-order valence-corrected chi connectivity index (χ0v) is 18.4. The normalized spacial score (nSPS) is 22.7. The molecule has 2 aromatic heterocycles. The van der Waals surface area contributed by atoms with Crippen molar-refractivity contribution in [1.82, 2.24) is 14.5 Å². The first-order valence-electron chi connectivity index (χ1n) is 11.3. The van der Waals surface area contributed by atoms with E-state index in [1.807, 2.05) is 13.1 Å². The molecule has 2 fully saturated rings. The number of carbonyl (C=O) groups excluding carboxylic acids is 1. The van der Waals surface area contributed by atoms with Crippen molar-refractivity contribution in [2.75, 3.05) is 48.9 Å². The van der Waals surface area contributed by atoms with Crippen LogP contribution >= 0.6 is 0 Å². The summed E-state index contributed by atoms with van der Waals surface area (Å²) in [6.07, 6.45) is 2.22. The molecular weight excluding hydrogens is 424 g/mol. The second kappa shape index (κ2) is 8.20. The third-order valence-corrected chi connectivity index (χ3v) is 6.46. The lowest BCUT2D eigenvalue weighted by Gasteiger charge is -2.35. The van der Waals surface area contributed by atoms with Crippen LogP contribution in [0.2, 0.25) is 0 Å². The van der Waals surface area contributed by atoms with Gasteiger partial charge in [0.1, 0.15) is 23.8 Å². The zero-order valence-electron chi connectivity index (χ0n) is 18.4. The maximum absolute atomic E-state index is 12.9. The Labute approximate surface area is 193 Å². The molecule has 1 aliphatic carbocycles. The summed E-state index contributed by atoms with van der Waals surface area (Å²) in [5, 5.41) is 6.57. The highest BCUT2D eigenvalue weighted by Crippen LogP contribution is 2.32. The number of anilines is 4. The highest BCUT2D eigenvalue weighted by Gasteiger charge is 2.36. The summed E-state index contributed by atoms with van der Waals surface area (Å²) >= 11 is 0. The van der Waals surface area contributed by atoms with Crippen LogP contribution in [0.1, 0.15) is 21.3 Å². The maximum atomic E-state index is 12.9. The molecule has 2 aliphatic heterocycles. The van der Waals surface area contributed by atoms with Gasteiger partial charge < -0.3 is 29.7 Å². The van der Waals surface area contributed by atoms with E-state index in [4.69, 9.17) is 19.2 Å². The Kier molecular flexibility index (Phi) is 5.03. The Morgan fingerprint density at radius 1 is 1.15 bits per heavy atom. The summed E-state index contributed by atoms with van der Waals surface area (Å²) in [5.74, 6) is 0.603. The van der Waals surface area contributed by atoms with E-state index < -0.39 is 6.09 Å². The first-order chi connectivity index (χ1) is 16.2. The van der Waals surface area contributed by atoms with Crippen LogP contribution in [0.4, 0.5) is 27.7 Å². The third-order valence-electron chi connectivity index (χ3n) is 6.46. The number of nitrogens with one attached hydrogen (secondary N) is 2. The maximum Gasteiger partial charge on any atom is 0.421 e. The Morgan fingerprint density at radius 3 is 2.79 bits per heavy atom. The fraction of sp³-hybridized carbons (Fsp3) is 0.435. The molecule has 1 aromatic carbocycles. The van der Waals surface area contributed by atoms with E-state index in [0.717, 1.165) is 48.6 Å². The number of fused-ring (bicyclic) bond motifs is 4. The molecule has 176 valence electrons. The van der Waals surface area contributed by atoms with Crippen LogP contribution in [0.3, 0.4) is 0 Å². The topological polar surface area (TPSA) is 103 Å². The van der Waals surface area contributed by atoms with Crippen molar-refractivity contribution in [2.45, 2.75) is 31.7 Å². The summed E-state index contributed by atoms with van der Waals surface area (Å²) in [7, 11) is 1.82. The van der Waals surface area contributed by atoms with Gasteiger partial charge in [-0.15, -0.1) is 0 Å². The van der Waals surface area contributed by atoms with Gasteiger partial charge in [0, 0.05) is 40.4 Å². The zero-order chi connectivity index (χ0) is 22.4. The molecular formula is C23H30N6O4. The number of hydrogen-bond acceptors (Lipinski definition) is 9. The average Bonchev–Trinajstić information content (AvgIpc) is 3.25. The largest absolute Gasteiger partial charge is 0.443 e. The third kappa shape index (κ3) is 3.75. The molecule has 0 unspecified atom stereocenters. The van der Waals surface area contributed by atoms with Gasteiger partial charge in [0.2, 0.25) is 0 Å². The highest BCUT2D eigenvalue weighted by atomic mass is 16.6. The Bertz CT molecular complexity index is 1220. The number of benzene rings is 1. The minimum atomic E-state index is -0.493. The van der Waals surface area contributed by atoms with E-state index in [9.17, 15) is 4.79 Å². The molecule has 0 spiro atoms. The van der Waals surface area contributed by atoms with Crippen LogP contribution in [-0.4, -0.2) is 66.2 Å². The van der Waals surface area contributed by atoms with Crippen molar-refractivity contribution in [3.05, 3.63) is 36.2 Å². The monoisotopic (exact) mass is 454 g/mol. The number of ether oxygens (including phenoxy) is 3. The first-order valence-corrected chi connectivity index (χ1v) is 11.3. The molecule has 2 N–H and O–H groups in total. The van der Waals surface area contributed by atoms with Crippen molar-refractivity contribution in [1.29, 1.82) is 0 Å². The molecule has 6 rings (SSSR count). The Balaban J connectivity index is 0.00000144. The highest BCUT2D eigenvalue weighted by molar-refractivity contribution is 5.93. The van der Waals surface area contributed by atoms with E-state index in [-0.39, 0.29) is 15.1 Å². The van der Waals surface area contributed by atoms with Gasteiger partial charge in [-0.1, -0.05) is 0 Å². The lowest BCUT2D eigenvalue weighted by atomic mass is 9.92. The van der Waals surface area contributed by atoms with E-state index >= 15 is 0 Å². The van der Waals surface area contributed by atoms with Crippen LogP contribution in [0.25, 0.3) is 11.2 Å². The smallest absolute Gasteiger partial charge is 0.421 e. The van der Waals surface area contributed by atoms with Gasteiger partial charge in [-0.2, -0.15) is 0 Å². The summed E-state index contributed by atoms with van der Waals surface area (Å²) in [6, 6.07) is 8.24. The van der Waals surface area contributed by atoms with Crippen molar-refractivity contribution in [3.8, 4) is 0 Å². The minimum absolute atomic E-state index is 0. The summed E-state index contributed by atoms with van der Waals surface area (Å²) in [5.41, 5.74) is 4.89. The Hall–Kier alpha value is -3.37. The number of rotatable bonds is 2. The molecule has 4 bridgehead atoms. The number of nitrogens with zero attached hydrogens (tertiary/aromatic N) is 4. The summed E-state index contributed by atoms with van der Waals surface area (Å²) < 4.78 is 18.8. The second-order valence-corrected chi connectivity index (χ2v) is 8.55. The number of carbonyl (C=O) groups is 1. The van der Waals surface area contributed by atoms with Crippen molar-refractivity contribution < 1.29 is 21.9 Å². The molecule has 33 heavy (non-hydrogen) atoms. The van der Waals surface area contributed by atoms with Crippen molar-refractivity contribution >= 4 is 40.1 Å². The fourth-order valence-electron chi connectivity index (χ4n) is 4.51. The molecule has 4 heterocycles. The van der Waals surface area contributed by atoms with Gasteiger partial charge in [-0.3, -0.25) is 0 Å². The number of imidazole rings is 1. The van der Waals surface area contributed by atoms with Crippen LogP contribution in [-0.2, 0) is 20.8 Å². The molecule has 3 aliphatic rings. The van der Waals surface area contributed by atoms with E-state index in [1.54, 1.807) is 0 Å². The SMILES string of the molecule is CNc1cc2nc3c1ncn3C(=O)O[C@@H]1CC[C@H]1OCc1cc(cc(N3CCOCC3)c1)N2.[HH].[HH]. The second-order valence-electron chi connectivity index (χ2n) is 8.55. The van der Waals surface area contributed by atoms with Gasteiger partial charge in [0.15, 0.2) is 5.65 Å². The number of aromatic nitrogens is 3. The van der Waals surface area contributed by atoms with Gasteiger partial charge in [0.25, 0.3) is 0 Å².